The van der Waals surface area contributed by atoms with Gasteiger partial charge >= 0.3 is 0 Å². The number of hydrogen-bond acceptors (Lipinski definition) is 4. The van der Waals surface area contributed by atoms with E-state index in [9.17, 15) is 4.79 Å². The summed E-state index contributed by atoms with van der Waals surface area (Å²) in [6.07, 6.45) is 7.54. The van der Waals surface area contributed by atoms with Crippen molar-refractivity contribution in [3.8, 4) is 11.3 Å². The fraction of sp³-hybridized carbons (Fsp3) is 0.240. The van der Waals surface area contributed by atoms with Crippen molar-refractivity contribution in [1.82, 2.24) is 25.2 Å². The molecule has 1 aliphatic heterocycles. The third kappa shape index (κ3) is 3.11. The van der Waals surface area contributed by atoms with Gasteiger partial charge in [-0.1, -0.05) is 24.3 Å². The Bertz CT molecular complexity index is 1260. The van der Waals surface area contributed by atoms with E-state index < -0.39 is 0 Å². The average molecular weight is 409 g/mol. The van der Waals surface area contributed by atoms with Crippen LogP contribution >= 0.6 is 0 Å². The SMILES string of the molecule is O=C(N[C@@H]1c2ccccc2C[C@H]1N1CCC1)c1ccc(-c2ccnc3[nH]ccc23)nc1. The lowest BCUT2D eigenvalue weighted by molar-refractivity contribution is 0.0793. The average Bonchev–Trinajstić information content (AvgIpc) is 3.38. The quantitative estimate of drug-likeness (QED) is 0.539. The van der Waals surface area contributed by atoms with Crippen LogP contribution in [0.25, 0.3) is 22.3 Å². The van der Waals surface area contributed by atoms with Gasteiger partial charge in [-0.05, 0) is 61.3 Å². The van der Waals surface area contributed by atoms with Gasteiger partial charge in [-0.25, -0.2) is 4.98 Å². The maximum Gasteiger partial charge on any atom is 0.253 e. The Morgan fingerprint density at radius 2 is 1.97 bits per heavy atom. The molecule has 0 unspecified atom stereocenters. The lowest BCUT2D eigenvalue weighted by atomic mass is 10.0. The molecular formula is C25H23N5O. The fourth-order valence-electron chi connectivity index (χ4n) is 4.86. The second kappa shape index (κ2) is 7.32. The van der Waals surface area contributed by atoms with Gasteiger partial charge in [0.05, 0.1) is 17.3 Å². The number of benzene rings is 1. The van der Waals surface area contributed by atoms with Crippen LogP contribution in [0.2, 0.25) is 0 Å². The van der Waals surface area contributed by atoms with Crippen LogP contribution in [-0.2, 0) is 6.42 Å². The molecule has 2 atom stereocenters. The summed E-state index contributed by atoms with van der Waals surface area (Å²) >= 11 is 0. The molecule has 2 N–H and O–H groups in total. The zero-order valence-corrected chi connectivity index (χ0v) is 17.1. The molecule has 6 heteroatoms. The van der Waals surface area contributed by atoms with Crippen LogP contribution in [0, 0.1) is 0 Å². The van der Waals surface area contributed by atoms with Crippen LogP contribution in [0.3, 0.4) is 0 Å². The first kappa shape index (κ1) is 18.3. The Kier molecular flexibility index (Phi) is 4.32. The van der Waals surface area contributed by atoms with Crippen molar-refractivity contribution in [2.45, 2.75) is 24.9 Å². The van der Waals surface area contributed by atoms with E-state index in [2.05, 4.69) is 49.4 Å². The van der Waals surface area contributed by atoms with E-state index in [0.717, 1.165) is 41.8 Å². The van der Waals surface area contributed by atoms with E-state index in [-0.39, 0.29) is 11.9 Å². The van der Waals surface area contributed by atoms with Crippen LogP contribution in [0.4, 0.5) is 0 Å². The molecule has 4 aromatic rings. The van der Waals surface area contributed by atoms with Crippen molar-refractivity contribution in [3.05, 3.63) is 83.8 Å². The highest BCUT2D eigenvalue weighted by molar-refractivity contribution is 5.95. The Hall–Kier alpha value is -3.51. The second-order valence-corrected chi connectivity index (χ2v) is 8.34. The van der Waals surface area contributed by atoms with Crippen LogP contribution in [0.15, 0.2) is 67.1 Å². The van der Waals surface area contributed by atoms with E-state index in [1.54, 1.807) is 12.4 Å². The van der Waals surface area contributed by atoms with Gasteiger partial charge in [0.15, 0.2) is 0 Å². The smallest absolute Gasteiger partial charge is 0.253 e. The number of rotatable bonds is 4. The van der Waals surface area contributed by atoms with Crippen molar-refractivity contribution in [2.75, 3.05) is 13.1 Å². The van der Waals surface area contributed by atoms with Gasteiger partial charge < -0.3 is 10.3 Å². The molecule has 0 saturated carbocycles. The topological polar surface area (TPSA) is 73.9 Å². The van der Waals surface area contributed by atoms with Crippen molar-refractivity contribution in [2.24, 2.45) is 0 Å². The zero-order valence-electron chi connectivity index (χ0n) is 17.1. The van der Waals surface area contributed by atoms with E-state index >= 15 is 0 Å². The molecule has 1 amide bonds. The minimum Gasteiger partial charge on any atom is -0.346 e. The first-order valence-corrected chi connectivity index (χ1v) is 10.8. The van der Waals surface area contributed by atoms with Gasteiger partial charge in [0.25, 0.3) is 5.91 Å². The summed E-state index contributed by atoms with van der Waals surface area (Å²) in [7, 11) is 0. The van der Waals surface area contributed by atoms with Gasteiger partial charge in [0, 0.05) is 35.6 Å². The van der Waals surface area contributed by atoms with Crippen molar-refractivity contribution in [1.29, 1.82) is 0 Å². The largest absolute Gasteiger partial charge is 0.346 e. The first-order valence-electron chi connectivity index (χ1n) is 10.8. The summed E-state index contributed by atoms with van der Waals surface area (Å²) in [6, 6.07) is 16.5. The predicted molar refractivity (Wildman–Crippen MR) is 120 cm³/mol. The number of carbonyl (C=O) groups excluding carboxylic acids is 1. The highest BCUT2D eigenvalue weighted by Gasteiger charge is 2.39. The van der Waals surface area contributed by atoms with E-state index in [1.807, 2.05) is 30.5 Å². The van der Waals surface area contributed by atoms with Crippen molar-refractivity contribution in [3.63, 3.8) is 0 Å². The number of H-pyrrole nitrogens is 1. The van der Waals surface area contributed by atoms with Crippen molar-refractivity contribution >= 4 is 16.9 Å². The molecule has 154 valence electrons. The van der Waals surface area contributed by atoms with Crippen LogP contribution < -0.4 is 5.32 Å². The van der Waals surface area contributed by atoms with E-state index in [0.29, 0.717) is 11.6 Å². The number of amides is 1. The van der Waals surface area contributed by atoms with Gasteiger partial charge in [0.2, 0.25) is 0 Å². The van der Waals surface area contributed by atoms with Crippen LogP contribution in [-0.4, -0.2) is 44.9 Å². The maximum absolute atomic E-state index is 13.1. The lowest BCUT2D eigenvalue weighted by Gasteiger charge is -2.39. The summed E-state index contributed by atoms with van der Waals surface area (Å²) in [5.74, 6) is -0.0761. The van der Waals surface area contributed by atoms with Gasteiger partial charge in [0.1, 0.15) is 5.65 Å². The summed E-state index contributed by atoms with van der Waals surface area (Å²) in [6.45, 7) is 2.22. The minimum absolute atomic E-state index is 0.0170. The highest BCUT2D eigenvalue weighted by Crippen LogP contribution is 2.36. The molecule has 31 heavy (non-hydrogen) atoms. The molecule has 0 bridgehead atoms. The zero-order chi connectivity index (χ0) is 20.8. The molecule has 2 aliphatic rings. The summed E-state index contributed by atoms with van der Waals surface area (Å²) < 4.78 is 0. The molecule has 4 heterocycles. The normalized spacial score (nSPS) is 20.4. The lowest BCUT2D eigenvalue weighted by Crippen LogP contribution is -2.50. The summed E-state index contributed by atoms with van der Waals surface area (Å²) in [4.78, 5) is 27.6. The Balaban J connectivity index is 1.26. The number of nitrogens with one attached hydrogen (secondary N) is 2. The molecule has 6 rings (SSSR count). The minimum atomic E-state index is -0.0761. The molecular weight excluding hydrogens is 386 g/mol. The monoisotopic (exact) mass is 409 g/mol. The summed E-state index contributed by atoms with van der Waals surface area (Å²) in [5.41, 5.74) is 5.82. The Morgan fingerprint density at radius 3 is 2.77 bits per heavy atom. The number of pyridine rings is 2. The number of nitrogens with zero attached hydrogens (tertiary/aromatic N) is 3. The molecule has 6 nitrogen and oxygen atoms in total. The standard InChI is InChI=1S/C25H23N5O/c31-25(29-23-18-5-2-1-4-16(18)14-22(23)30-12-3-13-30)17-6-7-21(28-15-17)19-8-10-26-24-20(19)9-11-27-24/h1-2,4-11,15,22-23H,3,12-14H2,(H,26,27)(H,29,31)/t22-,23-/m1/s1. The molecule has 1 aliphatic carbocycles. The molecule has 1 fully saturated rings. The fourth-order valence-corrected chi connectivity index (χ4v) is 4.86. The third-order valence-electron chi connectivity index (χ3n) is 6.61. The second-order valence-electron chi connectivity index (χ2n) is 8.34. The maximum atomic E-state index is 13.1. The van der Waals surface area contributed by atoms with E-state index in [4.69, 9.17) is 0 Å². The number of likely N-dealkylation sites (tertiary alicyclic amines) is 1. The predicted octanol–water partition coefficient (Wildman–Crippen LogP) is 3.73. The molecule has 1 saturated heterocycles. The first-order chi connectivity index (χ1) is 15.3. The van der Waals surface area contributed by atoms with Crippen molar-refractivity contribution < 1.29 is 4.79 Å². The van der Waals surface area contributed by atoms with Gasteiger partial charge in [-0.15, -0.1) is 0 Å². The molecule has 0 spiro atoms. The molecule has 0 radical (unpaired) electrons. The van der Waals surface area contributed by atoms with Crippen LogP contribution in [0.1, 0.15) is 33.9 Å². The Labute approximate surface area is 180 Å². The number of hydrogen-bond donors (Lipinski definition) is 2. The Morgan fingerprint density at radius 1 is 1.06 bits per heavy atom. The van der Waals surface area contributed by atoms with Gasteiger partial charge in [-0.3, -0.25) is 14.7 Å². The highest BCUT2D eigenvalue weighted by atomic mass is 16.1. The number of carbonyl (C=O) groups is 1. The molecule has 3 aromatic heterocycles. The van der Waals surface area contributed by atoms with E-state index in [1.165, 1.54) is 17.5 Å². The molecule has 1 aromatic carbocycles. The van der Waals surface area contributed by atoms with Gasteiger partial charge in [-0.2, -0.15) is 0 Å². The number of fused-ring (bicyclic) bond motifs is 2. The summed E-state index contributed by atoms with van der Waals surface area (Å²) in [5, 5.41) is 4.32. The third-order valence-corrected chi connectivity index (χ3v) is 6.61. The number of aromatic nitrogens is 3. The number of aromatic amines is 1. The van der Waals surface area contributed by atoms with Crippen LogP contribution in [0.5, 0.6) is 0 Å².